The molecule has 1 N–H and O–H groups in total. The summed E-state index contributed by atoms with van der Waals surface area (Å²) >= 11 is 0. The molecule has 2 unspecified atom stereocenters. The van der Waals surface area contributed by atoms with E-state index in [2.05, 4.69) is 36.5 Å². The zero-order chi connectivity index (χ0) is 10.3. The summed E-state index contributed by atoms with van der Waals surface area (Å²) < 4.78 is 0. The molecule has 2 heterocycles. The van der Waals surface area contributed by atoms with Gasteiger partial charge in [-0.1, -0.05) is 37.1 Å². The van der Waals surface area contributed by atoms with Gasteiger partial charge >= 0.3 is 0 Å². The number of benzene rings is 1. The number of hydrogen-bond acceptors (Lipinski definition) is 1. The van der Waals surface area contributed by atoms with Gasteiger partial charge in [-0.25, -0.2) is 0 Å². The summed E-state index contributed by atoms with van der Waals surface area (Å²) in [6.45, 7) is 2.24. The Kier molecular flexibility index (Phi) is 2.10. The molecular formula is C14H19N. The second-order valence-electron chi connectivity index (χ2n) is 5.19. The van der Waals surface area contributed by atoms with Crippen LogP contribution < -0.4 is 5.32 Å². The highest BCUT2D eigenvalue weighted by Gasteiger charge is 2.46. The van der Waals surface area contributed by atoms with Crippen LogP contribution in [0.4, 0.5) is 0 Å². The smallest absolute Gasteiger partial charge is 0.0454 e. The van der Waals surface area contributed by atoms with E-state index < -0.39 is 0 Å². The second kappa shape index (κ2) is 3.34. The van der Waals surface area contributed by atoms with Crippen LogP contribution in [-0.2, 0) is 5.54 Å². The van der Waals surface area contributed by atoms with E-state index in [1.54, 1.807) is 5.56 Å². The molecule has 3 aliphatic rings. The summed E-state index contributed by atoms with van der Waals surface area (Å²) in [5.41, 5.74) is 3.33. The van der Waals surface area contributed by atoms with Gasteiger partial charge in [-0.15, -0.1) is 0 Å². The monoisotopic (exact) mass is 201 g/mol. The van der Waals surface area contributed by atoms with Crippen molar-refractivity contribution in [1.29, 1.82) is 0 Å². The number of fused-ring (bicyclic) bond motifs is 3. The van der Waals surface area contributed by atoms with Gasteiger partial charge in [0.15, 0.2) is 0 Å². The molecule has 1 aliphatic carbocycles. The van der Waals surface area contributed by atoms with Gasteiger partial charge in [0.25, 0.3) is 0 Å². The Morgan fingerprint density at radius 3 is 2.87 bits per heavy atom. The number of nitrogens with one attached hydrogen (secondary N) is 1. The largest absolute Gasteiger partial charge is 0.304 e. The predicted octanol–water partition coefficient (Wildman–Crippen LogP) is 3.13. The van der Waals surface area contributed by atoms with Gasteiger partial charge in [0, 0.05) is 11.6 Å². The fourth-order valence-electron chi connectivity index (χ4n) is 3.39. The molecule has 2 bridgehead atoms. The van der Waals surface area contributed by atoms with Gasteiger partial charge in [0.2, 0.25) is 0 Å². The van der Waals surface area contributed by atoms with E-state index in [1.807, 2.05) is 0 Å². The van der Waals surface area contributed by atoms with E-state index in [0.29, 0.717) is 5.54 Å². The highest BCUT2D eigenvalue weighted by molar-refractivity contribution is 5.35. The molecule has 4 rings (SSSR count). The van der Waals surface area contributed by atoms with Gasteiger partial charge < -0.3 is 5.32 Å². The molecule has 80 valence electrons. The first-order chi connectivity index (χ1) is 7.30. The summed E-state index contributed by atoms with van der Waals surface area (Å²) in [5.74, 6) is 0. The van der Waals surface area contributed by atoms with Crippen molar-refractivity contribution in [3.05, 3.63) is 35.4 Å². The molecule has 2 atom stereocenters. The van der Waals surface area contributed by atoms with Crippen molar-refractivity contribution in [1.82, 2.24) is 5.32 Å². The Bertz CT molecular complexity index is 358. The molecule has 1 nitrogen and oxygen atoms in total. The molecule has 1 heteroatoms. The molecule has 3 fully saturated rings. The maximum absolute atomic E-state index is 3.81. The van der Waals surface area contributed by atoms with Crippen molar-refractivity contribution in [2.45, 2.75) is 50.6 Å². The molecule has 1 aromatic carbocycles. The third kappa shape index (κ3) is 1.41. The summed E-state index contributed by atoms with van der Waals surface area (Å²) in [4.78, 5) is 0. The lowest BCUT2D eigenvalue weighted by molar-refractivity contribution is 0.137. The standard InChI is InChI=1S/C14H19N/c1-11-6-2-3-8-13(11)14-9-5-4-7-12(10-14)15-14/h2-3,6,8,12,15H,4-5,7,9-10H2,1H3. The van der Waals surface area contributed by atoms with Crippen LogP contribution >= 0.6 is 0 Å². The van der Waals surface area contributed by atoms with Crippen LogP contribution in [0.25, 0.3) is 0 Å². The van der Waals surface area contributed by atoms with Crippen molar-refractivity contribution >= 4 is 0 Å². The molecular weight excluding hydrogens is 182 g/mol. The molecule has 1 saturated carbocycles. The average Bonchev–Trinajstić information content (AvgIpc) is 2.50. The number of hydrogen-bond donors (Lipinski definition) is 1. The summed E-state index contributed by atoms with van der Waals surface area (Å²) in [7, 11) is 0. The Morgan fingerprint density at radius 2 is 2.07 bits per heavy atom. The SMILES string of the molecule is Cc1ccccc1C12CCCCC(C1)N2. The van der Waals surface area contributed by atoms with Crippen LogP contribution in [0, 0.1) is 6.92 Å². The van der Waals surface area contributed by atoms with Crippen LogP contribution in [0.1, 0.15) is 43.2 Å². The molecule has 1 aromatic rings. The third-order valence-electron chi connectivity index (χ3n) is 4.14. The Labute approximate surface area is 91.9 Å². The molecule has 2 saturated heterocycles. The summed E-state index contributed by atoms with van der Waals surface area (Å²) in [6, 6.07) is 9.67. The van der Waals surface area contributed by atoms with E-state index in [-0.39, 0.29) is 0 Å². The quantitative estimate of drug-likeness (QED) is 0.736. The highest BCUT2D eigenvalue weighted by Crippen LogP contribution is 2.44. The Balaban J connectivity index is 1.96. The van der Waals surface area contributed by atoms with Gasteiger partial charge in [0.05, 0.1) is 0 Å². The fraction of sp³-hybridized carbons (Fsp3) is 0.571. The average molecular weight is 201 g/mol. The van der Waals surface area contributed by atoms with Crippen molar-refractivity contribution in [3.8, 4) is 0 Å². The summed E-state index contributed by atoms with van der Waals surface area (Å²) in [5, 5.41) is 3.81. The first-order valence-electron chi connectivity index (χ1n) is 6.14. The van der Waals surface area contributed by atoms with E-state index in [4.69, 9.17) is 0 Å². The first-order valence-corrected chi connectivity index (χ1v) is 6.14. The van der Waals surface area contributed by atoms with E-state index in [0.717, 1.165) is 6.04 Å². The van der Waals surface area contributed by atoms with Crippen molar-refractivity contribution in [2.24, 2.45) is 0 Å². The minimum Gasteiger partial charge on any atom is -0.304 e. The number of aryl methyl sites for hydroxylation is 1. The molecule has 0 spiro atoms. The van der Waals surface area contributed by atoms with E-state index >= 15 is 0 Å². The van der Waals surface area contributed by atoms with Crippen LogP contribution in [0.15, 0.2) is 24.3 Å². The summed E-state index contributed by atoms with van der Waals surface area (Å²) in [6.07, 6.45) is 6.86. The zero-order valence-electron chi connectivity index (χ0n) is 9.42. The van der Waals surface area contributed by atoms with Crippen LogP contribution in [0.5, 0.6) is 0 Å². The number of rotatable bonds is 1. The molecule has 15 heavy (non-hydrogen) atoms. The molecule has 2 aliphatic heterocycles. The van der Waals surface area contributed by atoms with Crippen molar-refractivity contribution in [3.63, 3.8) is 0 Å². The van der Waals surface area contributed by atoms with Crippen LogP contribution in [0.3, 0.4) is 0 Å². The fourth-order valence-corrected chi connectivity index (χ4v) is 3.39. The topological polar surface area (TPSA) is 12.0 Å². The van der Waals surface area contributed by atoms with Crippen molar-refractivity contribution in [2.75, 3.05) is 0 Å². The lowest BCUT2D eigenvalue weighted by Crippen LogP contribution is -2.60. The normalized spacial score (nSPS) is 34.3. The molecule has 0 aromatic heterocycles. The minimum atomic E-state index is 0.340. The molecule has 0 radical (unpaired) electrons. The van der Waals surface area contributed by atoms with Crippen molar-refractivity contribution < 1.29 is 0 Å². The Hall–Kier alpha value is -0.820. The lowest BCUT2D eigenvalue weighted by Gasteiger charge is -2.49. The molecule has 0 amide bonds. The Morgan fingerprint density at radius 1 is 1.27 bits per heavy atom. The van der Waals surface area contributed by atoms with E-state index in [9.17, 15) is 0 Å². The van der Waals surface area contributed by atoms with Gasteiger partial charge in [-0.05, 0) is 37.3 Å². The maximum atomic E-state index is 3.81. The first kappa shape index (κ1) is 9.41. The van der Waals surface area contributed by atoms with Gasteiger partial charge in [0.1, 0.15) is 0 Å². The lowest BCUT2D eigenvalue weighted by atomic mass is 9.73. The highest BCUT2D eigenvalue weighted by atomic mass is 15.1. The van der Waals surface area contributed by atoms with Crippen LogP contribution in [0.2, 0.25) is 0 Å². The predicted molar refractivity (Wildman–Crippen MR) is 62.9 cm³/mol. The zero-order valence-corrected chi connectivity index (χ0v) is 9.42. The maximum Gasteiger partial charge on any atom is 0.0454 e. The van der Waals surface area contributed by atoms with Gasteiger partial charge in [-0.2, -0.15) is 0 Å². The third-order valence-corrected chi connectivity index (χ3v) is 4.14. The second-order valence-corrected chi connectivity index (χ2v) is 5.19. The minimum absolute atomic E-state index is 0.340. The van der Waals surface area contributed by atoms with E-state index in [1.165, 1.54) is 37.7 Å². The van der Waals surface area contributed by atoms with Gasteiger partial charge in [-0.3, -0.25) is 0 Å². The van der Waals surface area contributed by atoms with Crippen LogP contribution in [-0.4, -0.2) is 6.04 Å².